The first kappa shape index (κ1) is 16.3. The summed E-state index contributed by atoms with van der Waals surface area (Å²) in [5.74, 6) is 0.565. The fourth-order valence-electron chi connectivity index (χ4n) is 6.66. The van der Waals surface area contributed by atoms with Gasteiger partial charge in [0.1, 0.15) is 0 Å². The first-order valence-corrected chi connectivity index (χ1v) is 10.4. The summed E-state index contributed by atoms with van der Waals surface area (Å²) in [4.78, 5) is 2.65. The van der Waals surface area contributed by atoms with E-state index in [1.165, 1.54) is 30.5 Å². The van der Waals surface area contributed by atoms with Crippen molar-refractivity contribution < 1.29 is 9.47 Å². The summed E-state index contributed by atoms with van der Waals surface area (Å²) in [6, 6.07) is 20.0. The Bertz CT molecular complexity index is 844. The summed E-state index contributed by atoms with van der Waals surface area (Å²) in [6.07, 6.45) is 3.58. The number of nitrogens with zero attached hydrogens (tertiary/aromatic N) is 1. The van der Waals surface area contributed by atoms with Crippen LogP contribution in [0.3, 0.4) is 0 Å². The van der Waals surface area contributed by atoms with Crippen molar-refractivity contribution >= 4 is 0 Å². The van der Waals surface area contributed by atoms with E-state index in [9.17, 15) is 0 Å². The molecule has 7 rings (SSSR count). The Balaban J connectivity index is 1.36. The van der Waals surface area contributed by atoms with Gasteiger partial charge in [-0.25, -0.2) is 0 Å². The van der Waals surface area contributed by atoms with Crippen molar-refractivity contribution in [3.05, 3.63) is 71.3 Å². The molecule has 2 aromatic rings. The molecule has 3 nitrogen and oxygen atoms in total. The van der Waals surface area contributed by atoms with Crippen molar-refractivity contribution in [2.24, 2.45) is 5.41 Å². The minimum absolute atomic E-state index is 0.288. The highest BCUT2D eigenvalue weighted by Gasteiger charge is 2.65. The van der Waals surface area contributed by atoms with Gasteiger partial charge in [0.25, 0.3) is 0 Å². The molecule has 2 bridgehead atoms. The molecular weight excluding hydrogens is 334 g/mol. The van der Waals surface area contributed by atoms with E-state index in [1.807, 2.05) is 0 Å². The van der Waals surface area contributed by atoms with Gasteiger partial charge in [-0.05, 0) is 47.4 Å². The maximum Gasteiger partial charge on any atom is 0.176 e. The molecule has 2 saturated heterocycles. The van der Waals surface area contributed by atoms with Crippen LogP contribution in [0.25, 0.3) is 0 Å². The lowest BCUT2D eigenvalue weighted by atomic mass is 9.51. The maximum atomic E-state index is 6.37. The van der Waals surface area contributed by atoms with E-state index in [0.717, 1.165) is 32.7 Å². The van der Waals surface area contributed by atoms with Crippen molar-refractivity contribution in [2.75, 3.05) is 26.3 Å². The predicted octanol–water partition coefficient (Wildman–Crippen LogP) is 4.30. The highest BCUT2D eigenvalue weighted by atomic mass is 16.7. The Morgan fingerprint density at radius 3 is 2.44 bits per heavy atom. The Labute approximate surface area is 161 Å². The third kappa shape index (κ3) is 2.38. The van der Waals surface area contributed by atoms with Gasteiger partial charge in [-0.15, -0.1) is 0 Å². The molecule has 0 amide bonds. The number of hydrogen-bond donors (Lipinski definition) is 0. The average Bonchev–Trinajstić information content (AvgIpc) is 3.30. The van der Waals surface area contributed by atoms with Crippen molar-refractivity contribution in [2.45, 2.75) is 43.4 Å². The standard InChI is InChI=1S/C24H27NO2/c1-2-6-18(7-3-1)16-25-11-10-23(17-25)14-19-15-24(26-12-13-27-24)22(23)21-9-5-4-8-20(19)21/h1-9,19,22H,10-17H2/t19-,22-,23+/m1/s1. The van der Waals surface area contributed by atoms with Gasteiger partial charge >= 0.3 is 0 Å². The molecule has 0 unspecified atom stereocenters. The van der Waals surface area contributed by atoms with Crippen LogP contribution in [0.4, 0.5) is 0 Å². The van der Waals surface area contributed by atoms with Gasteiger partial charge in [0, 0.05) is 25.4 Å². The van der Waals surface area contributed by atoms with E-state index in [1.54, 1.807) is 5.56 Å². The summed E-state index contributed by atoms with van der Waals surface area (Å²) < 4.78 is 12.7. The molecule has 2 aromatic carbocycles. The third-order valence-electron chi connectivity index (χ3n) is 7.47. The van der Waals surface area contributed by atoms with Crippen LogP contribution in [0, 0.1) is 5.41 Å². The van der Waals surface area contributed by atoms with Crippen LogP contribution in [0.2, 0.25) is 0 Å². The SMILES string of the molecule is c1ccc(CN2CC[C@]3(C[C@@H]4CC5(OCCO5)[C@@H]3c3ccccc34)C2)cc1. The van der Waals surface area contributed by atoms with Crippen molar-refractivity contribution in [1.82, 2.24) is 4.90 Å². The van der Waals surface area contributed by atoms with Gasteiger partial charge in [0.15, 0.2) is 5.79 Å². The quantitative estimate of drug-likeness (QED) is 0.796. The number of hydrogen-bond acceptors (Lipinski definition) is 3. The Kier molecular flexibility index (Phi) is 3.56. The van der Waals surface area contributed by atoms with Crippen LogP contribution >= 0.6 is 0 Å². The molecule has 3 heteroatoms. The monoisotopic (exact) mass is 361 g/mol. The number of benzene rings is 2. The molecule has 3 atom stereocenters. The highest BCUT2D eigenvalue weighted by Crippen LogP contribution is 2.67. The summed E-state index contributed by atoms with van der Waals surface area (Å²) in [6.45, 7) is 4.88. The van der Waals surface area contributed by atoms with Gasteiger partial charge < -0.3 is 9.47 Å². The molecule has 2 aliphatic heterocycles. The second-order valence-corrected chi connectivity index (χ2v) is 8.98. The first-order valence-electron chi connectivity index (χ1n) is 10.4. The summed E-state index contributed by atoms with van der Waals surface area (Å²) in [7, 11) is 0. The van der Waals surface area contributed by atoms with Crippen LogP contribution in [-0.2, 0) is 16.0 Å². The molecule has 3 aliphatic carbocycles. The summed E-state index contributed by atoms with van der Waals surface area (Å²) in [5, 5.41) is 0. The molecule has 5 aliphatic rings. The van der Waals surface area contributed by atoms with E-state index in [2.05, 4.69) is 59.5 Å². The Morgan fingerprint density at radius 2 is 1.63 bits per heavy atom. The van der Waals surface area contributed by atoms with Crippen molar-refractivity contribution in [3.8, 4) is 0 Å². The number of ether oxygens (including phenoxy) is 2. The smallest absolute Gasteiger partial charge is 0.176 e. The van der Waals surface area contributed by atoms with Crippen LogP contribution < -0.4 is 0 Å². The van der Waals surface area contributed by atoms with Crippen molar-refractivity contribution in [3.63, 3.8) is 0 Å². The van der Waals surface area contributed by atoms with Crippen LogP contribution in [0.1, 0.15) is 47.8 Å². The lowest BCUT2D eigenvalue weighted by Gasteiger charge is -2.58. The van der Waals surface area contributed by atoms with Crippen LogP contribution in [-0.4, -0.2) is 37.0 Å². The second-order valence-electron chi connectivity index (χ2n) is 8.98. The lowest BCUT2D eigenvalue weighted by molar-refractivity contribution is -0.228. The minimum Gasteiger partial charge on any atom is -0.347 e. The van der Waals surface area contributed by atoms with Gasteiger partial charge in [0.2, 0.25) is 0 Å². The molecule has 2 heterocycles. The van der Waals surface area contributed by atoms with Gasteiger partial charge in [-0.2, -0.15) is 0 Å². The topological polar surface area (TPSA) is 21.7 Å². The molecular formula is C24H27NO2. The fraction of sp³-hybridized carbons (Fsp3) is 0.500. The van der Waals surface area contributed by atoms with Gasteiger partial charge in [-0.3, -0.25) is 4.90 Å². The zero-order chi connectivity index (χ0) is 17.9. The maximum absolute atomic E-state index is 6.37. The number of rotatable bonds is 2. The van der Waals surface area contributed by atoms with E-state index >= 15 is 0 Å². The molecule has 27 heavy (non-hydrogen) atoms. The molecule has 0 N–H and O–H groups in total. The second kappa shape index (κ2) is 5.91. The largest absolute Gasteiger partial charge is 0.347 e. The number of likely N-dealkylation sites (tertiary alicyclic amines) is 1. The van der Waals surface area contributed by atoms with Crippen molar-refractivity contribution in [1.29, 1.82) is 0 Å². The molecule has 140 valence electrons. The molecule has 0 aromatic heterocycles. The molecule has 2 spiro atoms. The predicted molar refractivity (Wildman–Crippen MR) is 105 cm³/mol. The third-order valence-corrected chi connectivity index (χ3v) is 7.47. The zero-order valence-electron chi connectivity index (χ0n) is 15.8. The molecule has 0 radical (unpaired) electrons. The molecule has 3 fully saturated rings. The van der Waals surface area contributed by atoms with E-state index in [4.69, 9.17) is 9.47 Å². The highest BCUT2D eigenvalue weighted by molar-refractivity contribution is 5.44. The van der Waals surface area contributed by atoms with Crippen LogP contribution in [0.15, 0.2) is 54.6 Å². The summed E-state index contributed by atoms with van der Waals surface area (Å²) in [5.41, 5.74) is 4.76. The zero-order valence-corrected chi connectivity index (χ0v) is 15.8. The van der Waals surface area contributed by atoms with E-state index < -0.39 is 0 Å². The minimum atomic E-state index is -0.375. The fourth-order valence-corrected chi connectivity index (χ4v) is 6.66. The Morgan fingerprint density at radius 1 is 0.889 bits per heavy atom. The normalized spacial score (nSPS) is 33.8. The first-order chi connectivity index (χ1) is 13.3. The van der Waals surface area contributed by atoms with E-state index in [-0.39, 0.29) is 11.2 Å². The lowest BCUT2D eigenvalue weighted by Crippen LogP contribution is -2.56. The van der Waals surface area contributed by atoms with Crippen LogP contribution in [0.5, 0.6) is 0 Å². The Hall–Kier alpha value is -1.68. The molecule has 1 saturated carbocycles. The van der Waals surface area contributed by atoms with E-state index in [0.29, 0.717) is 11.8 Å². The van der Waals surface area contributed by atoms with Gasteiger partial charge in [-0.1, -0.05) is 54.6 Å². The summed E-state index contributed by atoms with van der Waals surface area (Å²) >= 11 is 0. The van der Waals surface area contributed by atoms with Gasteiger partial charge in [0.05, 0.1) is 13.2 Å². The average molecular weight is 361 g/mol.